The summed E-state index contributed by atoms with van der Waals surface area (Å²) >= 11 is 0. The van der Waals surface area contributed by atoms with E-state index in [9.17, 15) is 19.7 Å². The van der Waals surface area contributed by atoms with Crippen molar-refractivity contribution in [3.8, 4) is 5.75 Å². The number of carbonyl (C=O) groups excluding carboxylic acids is 2. The van der Waals surface area contributed by atoms with Crippen molar-refractivity contribution in [1.29, 1.82) is 0 Å². The van der Waals surface area contributed by atoms with Crippen LogP contribution in [0.5, 0.6) is 5.75 Å². The largest absolute Gasteiger partial charge is 0.495 e. The van der Waals surface area contributed by atoms with Crippen molar-refractivity contribution in [3.05, 3.63) is 57.6 Å². The molecule has 2 aromatic carbocycles. The van der Waals surface area contributed by atoms with Gasteiger partial charge in [-0.05, 0) is 37.6 Å². The summed E-state index contributed by atoms with van der Waals surface area (Å²) in [6, 6.07) is 8.63. The van der Waals surface area contributed by atoms with Gasteiger partial charge in [-0.25, -0.2) is 4.79 Å². The Morgan fingerprint density at radius 1 is 1.22 bits per heavy atom. The number of nitro benzene ring substituents is 1. The minimum Gasteiger partial charge on any atom is -0.495 e. The number of amides is 1. The molecule has 0 radical (unpaired) electrons. The van der Waals surface area contributed by atoms with Gasteiger partial charge in [0, 0.05) is 12.1 Å². The van der Waals surface area contributed by atoms with E-state index in [1.807, 2.05) is 13.0 Å². The van der Waals surface area contributed by atoms with Crippen molar-refractivity contribution in [3.63, 3.8) is 0 Å². The molecule has 142 valence electrons. The van der Waals surface area contributed by atoms with E-state index < -0.39 is 22.9 Å². The first-order valence-electron chi connectivity index (χ1n) is 7.93. The lowest BCUT2D eigenvalue weighted by Crippen LogP contribution is -2.30. The van der Waals surface area contributed by atoms with Gasteiger partial charge in [-0.2, -0.15) is 0 Å². The summed E-state index contributed by atoms with van der Waals surface area (Å²) in [6.45, 7) is 3.26. The fourth-order valence-electron chi connectivity index (χ4n) is 2.28. The second kappa shape index (κ2) is 8.17. The molecule has 0 heterocycles. The molecule has 0 unspecified atom stereocenters. The molecule has 1 amide bonds. The van der Waals surface area contributed by atoms with Crippen LogP contribution >= 0.6 is 0 Å². The highest BCUT2D eigenvalue weighted by Crippen LogP contribution is 2.26. The van der Waals surface area contributed by atoms with Gasteiger partial charge in [-0.15, -0.1) is 0 Å². The smallest absolute Gasteiger partial charge is 0.341 e. The molecule has 0 aliphatic carbocycles. The molecule has 0 aliphatic heterocycles. The third-order valence-electron chi connectivity index (χ3n) is 3.73. The number of non-ortho nitro benzene ring substituents is 1. The topological polar surface area (TPSA) is 134 Å². The molecule has 2 rings (SSSR count). The lowest BCUT2D eigenvalue weighted by Gasteiger charge is -2.16. The first-order valence-corrected chi connectivity index (χ1v) is 7.93. The number of rotatable bonds is 6. The maximum absolute atomic E-state index is 12.3. The van der Waals surface area contributed by atoms with Gasteiger partial charge in [0.25, 0.3) is 11.6 Å². The normalized spacial score (nSPS) is 11.4. The van der Waals surface area contributed by atoms with Crippen LogP contribution in [0.4, 0.5) is 17.1 Å². The second-order valence-corrected chi connectivity index (χ2v) is 5.77. The van der Waals surface area contributed by atoms with Gasteiger partial charge in [0.1, 0.15) is 5.75 Å². The molecule has 9 heteroatoms. The predicted octanol–water partition coefficient (Wildman–Crippen LogP) is 2.68. The van der Waals surface area contributed by atoms with E-state index >= 15 is 0 Å². The molecular formula is C18H19N3O6. The van der Waals surface area contributed by atoms with Crippen molar-refractivity contribution in [2.24, 2.45) is 0 Å². The Hall–Kier alpha value is -3.62. The third kappa shape index (κ3) is 4.72. The lowest BCUT2D eigenvalue weighted by molar-refractivity contribution is -0.384. The van der Waals surface area contributed by atoms with Crippen LogP contribution in [0.3, 0.4) is 0 Å². The number of esters is 1. The van der Waals surface area contributed by atoms with Gasteiger partial charge < -0.3 is 20.5 Å². The van der Waals surface area contributed by atoms with E-state index in [4.69, 9.17) is 15.2 Å². The number of nitrogens with zero attached hydrogens (tertiary/aromatic N) is 1. The van der Waals surface area contributed by atoms with Crippen LogP contribution in [0, 0.1) is 17.0 Å². The zero-order valence-corrected chi connectivity index (χ0v) is 15.0. The summed E-state index contributed by atoms with van der Waals surface area (Å²) in [7, 11) is 1.47. The highest BCUT2D eigenvalue weighted by molar-refractivity contribution is 6.00. The van der Waals surface area contributed by atoms with Gasteiger partial charge in [0.2, 0.25) is 0 Å². The molecule has 9 nitrogen and oxygen atoms in total. The van der Waals surface area contributed by atoms with E-state index in [2.05, 4.69) is 5.32 Å². The number of hydrogen-bond donors (Lipinski definition) is 2. The summed E-state index contributed by atoms with van der Waals surface area (Å²) < 4.78 is 10.3. The van der Waals surface area contributed by atoms with Gasteiger partial charge in [0.05, 0.1) is 29.0 Å². The molecule has 2 aromatic rings. The number of carbonyl (C=O) groups is 2. The molecule has 0 fully saturated rings. The van der Waals surface area contributed by atoms with Crippen molar-refractivity contribution >= 4 is 28.9 Å². The van der Waals surface area contributed by atoms with Crippen LogP contribution in [0.25, 0.3) is 0 Å². The van der Waals surface area contributed by atoms with Gasteiger partial charge >= 0.3 is 5.97 Å². The standard InChI is InChI=1S/C18H19N3O6/c1-10-4-7-16(26-3)15(8-10)20-17(22)11(2)27-18(23)13-6-5-12(21(24)25)9-14(13)19/h4-9,11H,19H2,1-3H3,(H,20,22)/t11-/m1/s1. The Kier molecular flexibility index (Phi) is 5.96. The number of nitrogen functional groups attached to an aromatic ring is 1. The minimum absolute atomic E-state index is 0.0617. The van der Waals surface area contributed by atoms with Crippen LogP contribution < -0.4 is 15.8 Å². The second-order valence-electron chi connectivity index (χ2n) is 5.77. The lowest BCUT2D eigenvalue weighted by atomic mass is 10.1. The molecule has 1 atom stereocenters. The van der Waals surface area contributed by atoms with Crippen molar-refractivity contribution in [2.45, 2.75) is 20.0 Å². The van der Waals surface area contributed by atoms with E-state index in [0.717, 1.165) is 17.7 Å². The third-order valence-corrected chi connectivity index (χ3v) is 3.73. The predicted molar refractivity (Wildman–Crippen MR) is 98.7 cm³/mol. The number of anilines is 2. The Morgan fingerprint density at radius 3 is 2.52 bits per heavy atom. The Balaban J connectivity index is 2.09. The number of ether oxygens (including phenoxy) is 2. The summed E-state index contributed by atoms with van der Waals surface area (Å²) in [6.07, 6.45) is -1.13. The van der Waals surface area contributed by atoms with Crippen molar-refractivity contribution in [2.75, 3.05) is 18.2 Å². The molecule has 0 aliphatic rings. The fraction of sp³-hybridized carbons (Fsp3) is 0.222. The maximum atomic E-state index is 12.3. The summed E-state index contributed by atoms with van der Waals surface area (Å²) in [5, 5.41) is 13.4. The number of hydrogen-bond acceptors (Lipinski definition) is 7. The molecule has 0 spiro atoms. The van der Waals surface area contributed by atoms with Gasteiger partial charge in [0.15, 0.2) is 6.10 Å². The van der Waals surface area contributed by atoms with Gasteiger partial charge in [-0.1, -0.05) is 6.07 Å². The van der Waals surface area contributed by atoms with Crippen molar-refractivity contribution in [1.82, 2.24) is 0 Å². The minimum atomic E-state index is -1.13. The maximum Gasteiger partial charge on any atom is 0.341 e. The summed E-state index contributed by atoms with van der Waals surface area (Å²) in [5.74, 6) is -0.957. The average molecular weight is 373 g/mol. The summed E-state index contributed by atoms with van der Waals surface area (Å²) in [5.41, 5.74) is 6.60. The molecule has 3 N–H and O–H groups in total. The van der Waals surface area contributed by atoms with Crippen LogP contribution in [0.2, 0.25) is 0 Å². The van der Waals surface area contributed by atoms with Crippen LogP contribution in [-0.4, -0.2) is 30.0 Å². The average Bonchev–Trinajstić information content (AvgIpc) is 2.61. The Labute approximate surface area is 155 Å². The molecule has 0 bridgehead atoms. The first-order chi connectivity index (χ1) is 12.7. The zero-order chi connectivity index (χ0) is 20.1. The molecule has 0 saturated carbocycles. The number of nitrogens with one attached hydrogen (secondary N) is 1. The molecular weight excluding hydrogens is 354 g/mol. The van der Waals surface area contributed by atoms with Gasteiger partial charge in [-0.3, -0.25) is 14.9 Å². The SMILES string of the molecule is COc1ccc(C)cc1NC(=O)[C@@H](C)OC(=O)c1ccc([N+](=O)[O-])cc1N. The Morgan fingerprint density at radius 2 is 1.93 bits per heavy atom. The number of aryl methyl sites for hydroxylation is 1. The number of methoxy groups -OCH3 is 1. The fourth-order valence-corrected chi connectivity index (χ4v) is 2.28. The van der Waals surface area contributed by atoms with E-state index in [0.29, 0.717) is 11.4 Å². The van der Waals surface area contributed by atoms with E-state index in [1.54, 1.807) is 12.1 Å². The van der Waals surface area contributed by atoms with Crippen LogP contribution in [0.1, 0.15) is 22.8 Å². The molecule has 0 saturated heterocycles. The highest BCUT2D eigenvalue weighted by atomic mass is 16.6. The number of nitrogens with two attached hydrogens (primary N) is 1. The number of nitro groups is 1. The summed E-state index contributed by atoms with van der Waals surface area (Å²) in [4.78, 5) is 34.6. The van der Waals surface area contributed by atoms with Crippen molar-refractivity contribution < 1.29 is 24.0 Å². The van der Waals surface area contributed by atoms with Crippen LogP contribution in [-0.2, 0) is 9.53 Å². The van der Waals surface area contributed by atoms with Crippen LogP contribution in [0.15, 0.2) is 36.4 Å². The van der Waals surface area contributed by atoms with E-state index in [-0.39, 0.29) is 16.9 Å². The quantitative estimate of drug-likeness (QED) is 0.344. The monoisotopic (exact) mass is 373 g/mol. The number of benzene rings is 2. The highest BCUT2D eigenvalue weighted by Gasteiger charge is 2.22. The first kappa shape index (κ1) is 19.7. The zero-order valence-electron chi connectivity index (χ0n) is 15.0. The molecule has 27 heavy (non-hydrogen) atoms. The molecule has 0 aromatic heterocycles. The Bertz CT molecular complexity index is 897. The van der Waals surface area contributed by atoms with E-state index in [1.165, 1.54) is 20.1 Å².